The van der Waals surface area contributed by atoms with Crippen molar-refractivity contribution in [2.45, 2.75) is 32.9 Å². The van der Waals surface area contributed by atoms with Crippen LogP contribution in [0.25, 0.3) is 0 Å². The smallest absolute Gasteiger partial charge is 0.322 e. The number of urea groups is 1. The Morgan fingerprint density at radius 3 is 2.96 bits per heavy atom. The summed E-state index contributed by atoms with van der Waals surface area (Å²) < 4.78 is 7.42. The van der Waals surface area contributed by atoms with Crippen LogP contribution < -0.4 is 5.32 Å². The molecule has 2 aromatic rings. The first-order valence-electron chi connectivity index (χ1n) is 8.84. The van der Waals surface area contributed by atoms with Gasteiger partial charge in [-0.1, -0.05) is 32.0 Å². The summed E-state index contributed by atoms with van der Waals surface area (Å²) in [6.07, 6.45) is 4.62. The van der Waals surface area contributed by atoms with Crippen molar-refractivity contribution < 1.29 is 9.53 Å². The molecule has 0 radical (unpaired) electrons. The van der Waals surface area contributed by atoms with Gasteiger partial charge in [0.1, 0.15) is 0 Å². The molecule has 25 heavy (non-hydrogen) atoms. The second-order valence-electron chi connectivity index (χ2n) is 6.84. The van der Waals surface area contributed by atoms with E-state index < -0.39 is 0 Å². The molecule has 0 spiro atoms. The number of hydrogen-bond donors (Lipinski definition) is 1. The lowest BCUT2D eigenvalue weighted by atomic mass is 10.0. The van der Waals surface area contributed by atoms with Crippen molar-refractivity contribution in [3.63, 3.8) is 0 Å². The lowest BCUT2D eigenvalue weighted by molar-refractivity contribution is 0.00857. The van der Waals surface area contributed by atoms with Crippen molar-refractivity contribution in [1.82, 2.24) is 14.7 Å². The molecule has 1 aliphatic rings. The Balaban J connectivity index is 1.71. The highest BCUT2D eigenvalue weighted by atomic mass is 16.5. The maximum Gasteiger partial charge on any atom is 0.322 e. The number of morpholine rings is 1. The minimum Gasteiger partial charge on any atom is -0.377 e. The minimum atomic E-state index is -0.0538. The van der Waals surface area contributed by atoms with Crippen LogP contribution >= 0.6 is 0 Å². The number of para-hydroxylation sites is 1. The maximum absolute atomic E-state index is 12.9. The standard InChI is InChI=1S/C19H26N4O2/c1-15(2)12-17-14-25-11-10-23(17)19(24)21-18-7-4-3-6-16(18)13-22-9-5-8-20-22/h3-9,15,17H,10-14H2,1-2H3,(H,21,24)/t17-/m1/s1. The fourth-order valence-corrected chi connectivity index (χ4v) is 3.20. The van der Waals surface area contributed by atoms with Crippen molar-refractivity contribution in [2.75, 3.05) is 25.1 Å². The number of hydrogen-bond acceptors (Lipinski definition) is 3. The van der Waals surface area contributed by atoms with Gasteiger partial charge in [-0.3, -0.25) is 4.68 Å². The van der Waals surface area contributed by atoms with Crippen LogP contribution in [0.5, 0.6) is 0 Å². The van der Waals surface area contributed by atoms with Gasteiger partial charge in [-0.15, -0.1) is 0 Å². The number of anilines is 1. The number of carbonyl (C=O) groups is 1. The van der Waals surface area contributed by atoms with E-state index in [0.29, 0.717) is 32.2 Å². The zero-order chi connectivity index (χ0) is 17.6. The largest absolute Gasteiger partial charge is 0.377 e. The van der Waals surface area contributed by atoms with Gasteiger partial charge in [0, 0.05) is 24.6 Å². The van der Waals surface area contributed by atoms with Gasteiger partial charge >= 0.3 is 6.03 Å². The summed E-state index contributed by atoms with van der Waals surface area (Å²) in [7, 11) is 0. The van der Waals surface area contributed by atoms with Crippen LogP contribution in [-0.4, -0.2) is 46.5 Å². The van der Waals surface area contributed by atoms with Gasteiger partial charge in [-0.25, -0.2) is 4.79 Å². The molecule has 1 atom stereocenters. The monoisotopic (exact) mass is 342 g/mol. The van der Waals surface area contributed by atoms with E-state index in [4.69, 9.17) is 4.74 Å². The predicted octanol–water partition coefficient (Wildman–Crippen LogP) is 3.21. The quantitative estimate of drug-likeness (QED) is 0.908. The third-order valence-electron chi connectivity index (χ3n) is 4.38. The summed E-state index contributed by atoms with van der Waals surface area (Å²) in [4.78, 5) is 14.8. The van der Waals surface area contributed by atoms with Crippen molar-refractivity contribution in [2.24, 2.45) is 5.92 Å². The summed E-state index contributed by atoms with van der Waals surface area (Å²) in [5.41, 5.74) is 1.87. The van der Waals surface area contributed by atoms with Gasteiger partial charge in [0.25, 0.3) is 0 Å². The zero-order valence-electron chi connectivity index (χ0n) is 14.9. The lowest BCUT2D eigenvalue weighted by Crippen LogP contribution is -2.50. The maximum atomic E-state index is 12.9. The van der Waals surface area contributed by atoms with E-state index in [0.717, 1.165) is 17.7 Å². The summed E-state index contributed by atoms with van der Waals surface area (Å²) in [5, 5.41) is 7.33. The van der Waals surface area contributed by atoms with E-state index in [-0.39, 0.29) is 12.1 Å². The highest BCUT2D eigenvalue weighted by Crippen LogP contribution is 2.20. The first kappa shape index (κ1) is 17.5. The van der Waals surface area contributed by atoms with E-state index in [9.17, 15) is 4.79 Å². The van der Waals surface area contributed by atoms with Crippen molar-refractivity contribution in [3.8, 4) is 0 Å². The Kier molecular flexibility index (Phi) is 5.71. The molecular formula is C19H26N4O2. The zero-order valence-corrected chi connectivity index (χ0v) is 14.9. The molecule has 0 unspecified atom stereocenters. The Morgan fingerprint density at radius 1 is 1.36 bits per heavy atom. The molecule has 6 heteroatoms. The summed E-state index contributed by atoms with van der Waals surface area (Å²) >= 11 is 0. The molecule has 1 fully saturated rings. The highest BCUT2D eigenvalue weighted by Gasteiger charge is 2.28. The average molecular weight is 342 g/mol. The van der Waals surface area contributed by atoms with E-state index in [1.54, 1.807) is 6.20 Å². The van der Waals surface area contributed by atoms with Crippen LogP contribution in [0.3, 0.4) is 0 Å². The molecule has 0 bridgehead atoms. The van der Waals surface area contributed by atoms with Gasteiger partial charge in [-0.2, -0.15) is 5.10 Å². The van der Waals surface area contributed by atoms with E-state index >= 15 is 0 Å². The highest BCUT2D eigenvalue weighted by molar-refractivity contribution is 5.90. The summed E-state index contributed by atoms with van der Waals surface area (Å²) in [6.45, 7) is 6.80. The fraction of sp³-hybridized carbons (Fsp3) is 0.474. The van der Waals surface area contributed by atoms with Crippen LogP contribution in [0.15, 0.2) is 42.7 Å². The van der Waals surface area contributed by atoms with E-state index in [1.165, 1.54) is 0 Å². The van der Waals surface area contributed by atoms with Gasteiger partial charge in [0.05, 0.1) is 25.8 Å². The summed E-state index contributed by atoms with van der Waals surface area (Å²) in [5.74, 6) is 0.522. The number of benzene rings is 1. The number of ether oxygens (including phenoxy) is 1. The molecule has 6 nitrogen and oxygen atoms in total. The third-order valence-corrected chi connectivity index (χ3v) is 4.38. The normalized spacial score (nSPS) is 17.7. The number of carbonyl (C=O) groups excluding carboxylic acids is 1. The van der Waals surface area contributed by atoms with Crippen LogP contribution in [0.4, 0.5) is 10.5 Å². The second kappa shape index (κ2) is 8.16. The Morgan fingerprint density at radius 2 is 2.20 bits per heavy atom. The number of nitrogens with one attached hydrogen (secondary N) is 1. The van der Waals surface area contributed by atoms with Crippen LogP contribution in [0, 0.1) is 5.92 Å². The fourth-order valence-electron chi connectivity index (χ4n) is 3.20. The minimum absolute atomic E-state index is 0.0538. The number of amides is 2. The molecule has 2 amide bonds. The van der Waals surface area contributed by atoms with Crippen LogP contribution in [-0.2, 0) is 11.3 Å². The van der Waals surface area contributed by atoms with Gasteiger partial charge in [-0.05, 0) is 30.0 Å². The Bertz CT molecular complexity index is 684. The molecule has 3 rings (SSSR count). The average Bonchev–Trinajstić information content (AvgIpc) is 3.09. The predicted molar refractivity (Wildman–Crippen MR) is 97.6 cm³/mol. The van der Waals surface area contributed by atoms with Crippen molar-refractivity contribution in [3.05, 3.63) is 48.3 Å². The Labute approximate surface area is 148 Å². The molecule has 1 saturated heterocycles. The lowest BCUT2D eigenvalue weighted by Gasteiger charge is -2.36. The second-order valence-corrected chi connectivity index (χ2v) is 6.84. The molecule has 1 aliphatic heterocycles. The SMILES string of the molecule is CC(C)C[C@@H]1COCCN1C(=O)Nc1ccccc1Cn1cccn1. The molecule has 134 valence electrons. The topological polar surface area (TPSA) is 59.4 Å². The van der Waals surface area contributed by atoms with Crippen molar-refractivity contribution >= 4 is 11.7 Å². The van der Waals surface area contributed by atoms with Crippen molar-refractivity contribution in [1.29, 1.82) is 0 Å². The molecule has 0 aliphatic carbocycles. The molecule has 1 N–H and O–H groups in total. The third kappa shape index (κ3) is 4.60. The van der Waals surface area contributed by atoms with E-state index in [1.807, 2.05) is 46.1 Å². The first-order chi connectivity index (χ1) is 12.1. The van der Waals surface area contributed by atoms with Crippen LogP contribution in [0.1, 0.15) is 25.8 Å². The molecule has 2 heterocycles. The van der Waals surface area contributed by atoms with Gasteiger partial charge < -0.3 is 15.0 Å². The Hall–Kier alpha value is -2.34. The number of rotatable bonds is 5. The van der Waals surface area contributed by atoms with Crippen LogP contribution in [0.2, 0.25) is 0 Å². The van der Waals surface area contributed by atoms with Gasteiger partial charge in [0.15, 0.2) is 0 Å². The van der Waals surface area contributed by atoms with E-state index in [2.05, 4.69) is 24.3 Å². The summed E-state index contributed by atoms with van der Waals surface area (Å²) in [6, 6.07) is 9.84. The molecular weight excluding hydrogens is 316 g/mol. The number of aromatic nitrogens is 2. The first-order valence-corrected chi connectivity index (χ1v) is 8.84. The number of nitrogens with zero attached hydrogens (tertiary/aromatic N) is 3. The molecule has 1 aromatic heterocycles. The molecule has 0 saturated carbocycles. The molecule has 1 aromatic carbocycles. The van der Waals surface area contributed by atoms with Gasteiger partial charge in [0.2, 0.25) is 0 Å².